The van der Waals surface area contributed by atoms with Crippen molar-refractivity contribution in [2.45, 2.75) is 20.5 Å². The Morgan fingerprint density at radius 1 is 1.22 bits per heavy atom. The average molecular weight is 367 g/mol. The molecule has 1 N–H and O–H groups in total. The molecule has 6 nitrogen and oxygen atoms in total. The van der Waals surface area contributed by atoms with Gasteiger partial charge in [0.2, 0.25) is 11.8 Å². The Labute approximate surface area is 155 Å². The monoisotopic (exact) mass is 367 g/mol. The van der Waals surface area contributed by atoms with Gasteiger partial charge in [0.1, 0.15) is 17.8 Å². The van der Waals surface area contributed by atoms with Crippen molar-refractivity contribution in [1.82, 2.24) is 4.98 Å². The predicted molar refractivity (Wildman–Crippen MR) is 99.6 cm³/mol. The summed E-state index contributed by atoms with van der Waals surface area (Å²) >= 11 is 0. The molecule has 0 fully saturated rings. The summed E-state index contributed by atoms with van der Waals surface area (Å²) in [4.78, 5) is 20.6. The zero-order valence-corrected chi connectivity index (χ0v) is 14.9. The summed E-state index contributed by atoms with van der Waals surface area (Å²) in [5.41, 5.74) is 3.36. The Hall–Kier alpha value is -3.48. The quantitative estimate of drug-likeness (QED) is 0.518. The number of nitrogens with one attached hydrogen (secondary N) is 1. The molecule has 0 atom stereocenters. The number of carbonyl (C=O) groups excluding carboxylic acids is 1. The van der Waals surface area contributed by atoms with Gasteiger partial charge < -0.3 is 14.6 Å². The molecule has 3 aromatic rings. The number of benzene rings is 2. The highest BCUT2D eigenvalue weighted by atomic mass is 19.1. The number of rotatable bonds is 6. The minimum atomic E-state index is -0.353. The van der Waals surface area contributed by atoms with Crippen LogP contribution in [-0.2, 0) is 16.2 Å². The third-order valence-corrected chi connectivity index (χ3v) is 3.66. The van der Waals surface area contributed by atoms with Crippen LogP contribution in [0.25, 0.3) is 11.5 Å². The molecule has 138 valence electrons. The molecule has 0 saturated heterocycles. The maximum absolute atomic E-state index is 13.3. The highest BCUT2D eigenvalue weighted by Gasteiger charge is 2.08. The molecule has 0 bridgehead atoms. The first-order chi connectivity index (χ1) is 13.0. The number of aromatic nitrogens is 1. The number of hydrogen-bond donors (Lipinski definition) is 1. The number of oxazole rings is 1. The zero-order valence-electron chi connectivity index (χ0n) is 14.9. The first-order valence-electron chi connectivity index (χ1n) is 8.26. The smallest absolute Gasteiger partial charge is 0.226 e. The molecule has 0 aliphatic rings. The molecule has 2 aromatic carbocycles. The molecular formula is C20H18FN3O3. The second-order valence-corrected chi connectivity index (χ2v) is 5.86. The normalized spacial score (nSPS) is 11.3. The van der Waals surface area contributed by atoms with Crippen LogP contribution in [0.5, 0.6) is 0 Å². The Bertz CT molecular complexity index is 965. The van der Waals surface area contributed by atoms with Crippen LogP contribution >= 0.6 is 0 Å². The number of halogens is 1. The SMILES string of the molecule is CC(=O)Nc1ccc(/C(C)=N/OCc2coc(-c3cccc(F)c3)n2)cc1. The molecule has 0 saturated carbocycles. The maximum atomic E-state index is 13.3. The first kappa shape index (κ1) is 18.3. The van der Waals surface area contributed by atoms with Gasteiger partial charge >= 0.3 is 0 Å². The summed E-state index contributed by atoms with van der Waals surface area (Å²) < 4.78 is 18.6. The van der Waals surface area contributed by atoms with E-state index in [0.717, 1.165) is 5.56 Å². The van der Waals surface area contributed by atoms with Crippen LogP contribution in [0.4, 0.5) is 10.1 Å². The minimum absolute atomic E-state index is 0.123. The van der Waals surface area contributed by atoms with Gasteiger partial charge in [-0.2, -0.15) is 0 Å². The second kappa shape index (κ2) is 8.27. The fraction of sp³-hybridized carbons (Fsp3) is 0.150. The van der Waals surface area contributed by atoms with E-state index in [2.05, 4.69) is 15.5 Å². The third kappa shape index (κ3) is 5.01. The Morgan fingerprint density at radius 2 is 2.00 bits per heavy atom. The highest BCUT2D eigenvalue weighted by Crippen LogP contribution is 2.19. The standard InChI is InChI=1S/C20H18FN3O3/c1-13(15-6-8-18(9-7-15)22-14(2)25)24-27-12-19-11-26-20(23-19)16-4-3-5-17(21)10-16/h3-11H,12H2,1-2H3,(H,22,25)/b24-13+. The van der Waals surface area contributed by atoms with Crippen molar-refractivity contribution in [3.8, 4) is 11.5 Å². The zero-order chi connectivity index (χ0) is 19.2. The van der Waals surface area contributed by atoms with Gasteiger partial charge in [-0.05, 0) is 42.8 Å². The van der Waals surface area contributed by atoms with E-state index in [1.807, 2.05) is 19.1 Å². The molecule has 1 heterocycles. The number of oxime groups is 1. The van der Waals surface area contributed by atoms with E-state index in [1.54, 1.807) is 24.3 Å². The van der Waals surface area contributed by atoms with Crippen LogP contribution in [-0.4, -0.2) is 16.6 Å². The number of amides is 1. The lowest BCUT2D eigenvalue weighted by molar-refractivity contribution is -0.114. The Balaban J connectivity index is 1.59. The summed E-state index contributed by atoms with van der Waals surface area (Å²) in [5.74, 6) is -0.155. The maximum Gasteiger partial charge on any atom is 0.226 e. The van der Waals surface area contributed by atoms with Crippen molar-refractivity contribution >= 4 is 17.3 Å². The molecule has 27 heavy (non-hydrogen) atoms. The Kier molecular flexibility index (Phi) is 5.61. The van der Waals surface area contributed by atoms with Gasteiger partial charge in [-0.1, -0.05) is 23.4 Å². The molecule has 1 amide bonds. The van der Waals surface area contributed by atoms with Gasteiger partial charge in [0.15, 0.2) is 6.61 Å². The van der Waals surface area contributed by atoms with Crippen molar-refractivity contribution in [1.29, 1.82) is 0 Å². The van der Waals surface area contributed by atoms with Crippen molar-refractivity contribution in [3.63, 3.8) is 0 Å². The van der Waals surface area contributed by atoms with E-state index in [1.165, 1.54) is 25.3 Å². The number of nitrogens with zero attached hydrogens (tertiary/aromatic N) is 2. The van der Waals surface area contributed by atoms with E-state index < -0.39 is 0 Å². The van der Waals surface area contributed by atoms with Crippen molar-refractivity contribution in [3.05, 3.63) is 71.9 Å². The molecule has 0 radical (unpaired) electrons. The largest absolute Gasteiger partial charge is 0.444 e. The van der Waals surface area contributed by atoms with Crippen molar-refractivity contribution < 1.29 is 18.4 Å². The third-order valence-electron chi connectivity index (χ3n) is 3.66. The first-order valence-corrected chi connectivity index (χ1v) is 8.26. The summed E-state index contributed by atoms with van der Waals surface area (Å²) in [6.07, 6.45) is 1.45. The number of hydrogen-bond acceptors (Lipinski definition) is 5. The van der Waals surface area contributed by atoms with E-state index >= 15 is 0 Å². The Morgan fingerprint density at radius 3 is 2.70 bits per heavy atom. The summed E-state index contributed by atoms with van der Waals surface area (Å²) in [6.45, 7) is 3.40. The molecule has 3 rings (SSSR count). The topological polar surface area (TPSA) is 76.7 Å². The van der Waals surface area contributed by atoms with Crippen LogP contribution < -0.4 is 5.32 Å². The second-order valence-electron chi connectivity index (χ2n) is 5.86. The predicted octanol–water partition coefficient (Wildman–Crippen LogP) is 4.38. The minimum Gasteiger partial charge on any atom is -0.444 e. The van der Waals surface area contributed by atoms with Crippen LogP contribution in [0.3, 0.4) is 0 Å². The number of carbonyl (C=O) groups is 1. The summed E-state index contributed by atoms with van der Waals surface area (Å²) in [7, 11) is 0. The van der Waals surface area contributed by atoms with Gasteiger partial charge in [-0.25, -0.2) is 9.37 Å². The molecule has 0 spiro atoms. The summed E-state index contributed by atoms with van der Waals surface area (Å²) in [6, 6.07) is 13.3. The lowest BCUT2D eigenvalue weighted by Gasteiger charge is -2.04. The van der Waals surface area contributed by atoms with Crippen LogP contribution in [0.1, 0.15) is 25.1 Å². The van der Waals surface area contributed by atoms with Crippen molar-refractivity contribution in [2.24, 2.45) is 5.16 Å². The van der Waals surface area contributed by atoms with Gasteiger partial charge in [0.05, 0.1) is 5.71 Å². The van der Waals surface area contributed by atoms with Crippen LogP contribution in [0, 0.1) is 5.82 Å². The lowest BCUT2D eigenvalue weighted by Crippen LogP contribution is -2.06. The van der Waals surface area contributed by atoms with E-state index in [-0.39, 0.29) is 18.3 Å². The molecule has 0 aliphatic heterocycles. The number of anilines is 1. The fourth-order valence-electron chi connectivity index (χ4n) is 2.37. The van der Waals surface area contributed by atoms with Gasteiger partial charge in [0.25, 0.3) is 0 Å². The lowest BCUT2D eigenvalue weighted by atomic mass is 10.1. The van der Waals surface area contributed by atoms with Crippen LogP contribution in [0.2, 0.25) is 0 Å². The van der Waals surface area contributed by atoms with Crippen molar-refractivity contribution in [2.75, 3.05) is 5.32 Å². The van der Waals surface area contributed by atoms with Gasteiger partial charge in [0, 0.05) is 18.2 Å². The summed E-state index contributed by atoms with van der Waals surface area (Å²) in [5, 5.41) is 6.77. The average Bonchev–Trinajstić information content (AvgIpc) is 3.11. The van der Waals surface area contributed by atoms with E-state index in [4.69, 9.17) is 9.25 Å². The molecule has 7 heteroatoms. The molecule has 0 aliphatic carbocycles. The molecule has 0 unspecified atom stereocenters. The van der Waals surface area contributed by atoms with E-state index in [9.17, 15) is 9.18 Å². The highest BCUT2D eigenvalue weighted by molar-refractivity contribution is 5.99. The fourth-order valence-corrected chi connectivity index (χ4v) is 2.37. The van der Waals surface area contributed by atoms with E-state index in [0.29, 0.717) is 28.5 Å². The molecule has 1 aromatic heterocycles. The van der Waals surface area contributed by atoms with Gasteiger partial charge in [-0.3, -0.25) is 4.79 Å². The van der Waals surface area contributed by atoms with Gasteiger partial charge in [-0.15, -0.1) is 0 Å². The molecular weight excluding hydrogens is 349 g/mol. The van der Waals surface area contributed by atoms with Crippen LogP contribution in [0.15, 0.2) is 64.4 Å².